The lowest BCUT2D eigenvalue weighted by Crippen LogP contribution is -2.00. The van der Waals surface area contributed by atoms with Gasteiger partial charge in [-0.3, -0.25) is 0 Å². The Hall–Kier alpha value is -1.45. The van der Waals surface area contributed by atoms with Gasteiger partial charge in [0.1, 0.15) is 0 Å². The number of rotatable bonds is 3. The van der Waals surface area contributed by atoms with Gasteiger partial charge in [0.05, 0.1) is 15.7 Å². The molecule has 0 spiro atoms. The van der Waals surface area contributed by atoms with Gasteiger partial charge in [0.2, 0.25) is 0 Å². The minimum Gasteiger partial charge on any atom is -0.505 e. The predicted molar refractivity (Wildman–Crippen MR) is 71.9 cm³/mol. The molecule has 18 heavy (non-hydrogen) atoms. The Kier molecular flexibility index (Phi) is 3.94. The van der Waals surface area contributed by atoms with E-state index in [0.29, 0.717) is 27.8 Å². The number of halogens is 3. The van der Waals surface area contributed by atoms with Crippen LogP contribution in [0.4, 0.5) is 10.1 Å². The number of hydrogen-bond acceptors (Lipinski definition) is 2. The molecule has 0 amide bonds. The monoisotopic (exact) mass is 285 g/mol. The predicted octanol–water partition coefficient (Wildman–Crippen LogP) is 4.45. The summed E-state index contributed by atoms with van der Waals surface area (Å²) in [5.41, 5.74) is 1.37. The standard InChI is InChI=1S/C13H10Cl2FNO/c14-9-2-1-3-11(13(9)15)17-7-8-4-5-12(18)10(16)6-8/h1-6,17-18H,7H2. The van der Waals surface area contributed by atoms with Crippen molar-refractivity contribution in [3.63, 3.8) is 0 Å². The van der Waals surface area contributed by atoms with Crippen LogP contribution in [-0.4, -0.2) is 5.11 Å². The summed E-state index contributed by atoms with van der Waals surface area (Å²) < 4.78 is 13.1. The molecule has 2 aromatic carbocycles. The average Bonchev–Trinajstić information content (AvgIpc) is 2.35. The van der Waals surface area contributed by atoms with Crippen LogP contribution >= 0.6 is 23.2 Å². The largest absolute Gasteiger partial charge is 0.505 e. The minimum atomic E-state index is -0.647. The highest BCUT2D eigenvalue weighted by molar-refractivity contribution is 6.43. The van der Waals surface area contributed by atoms with Gasteiger partial charge >= 0.3 is 0 Å². The SMILES string of the molecule is Oc1ccc(CNc2cccc(Cl)c2Cl)cc1F. The third-order valence-corrected chi connectivity index (χ3v) is 3.27. The van der Waals surface area contributed by atoms with Crippen LogP contribution in [0.25, 0.3) is 0 Å². The number of aromatic hydroxyl groups is 1. The molecule has 2 rings (SSSR count). The van der Waals surface area contributed by atoms with Gasteiger partial charge in [0, 0.05) is 6.54 Å². The molecule has 0 bridgehead atoms. The third kappa shape index (κ3) is 2.86. The second kappa shape index (κ2) is 5.46. The Morgan fingerprint density at radius 2 is 1.94 bits per heavy atom. The highest BCUT2D eigenvalue weighted by Gasteiger charge is 2.05. The van der Waals surface area contributed by atoms with Crippen molar-refractivity contribution in [2.75, 3.05) is 5.32 Å². The van der Waals surface area contributed by atoms with E-state index in [-0.39, 0.29) is 5.75 Å². The Balaban J connectivity index is 2.11. The highest BCUT2D eigenvalue weighted by atomic mass is 35.5. The molecule has 2 N–H and O–H groups in total. The molecule has 0 aliphatic carbocycles. The Bertz CT molecular complexity index is 575. The van der Waals surface area contributed by atoms with E-state index in [9.17, 15) is 4.39 Å². The zero-order valence-electron chi connectivity index (χ0n) is 9.25. The maximum atomic E-state index is 13.1. The van der Waals surface area contributed by atoms with E-state index in [1.54, 1.807) is 24.3 Å². The van der Waals surface area contributed by atoms with Gasteiger partial charge < -0.3 is 10.4 Å². The first-order valence-electron chi connectivity index (χ1n) is 5.23. The molecule has 2 nitrogen and oxygen atoms in total. The van der Waals surface area contributed by atoms with Gasteiger partial charge in [-0.1, -0.05) is 35.3 Å². The van der Waals surface area contributed by atoms with Crippen LogP contribution < -0.4 is 5.32 Å². The van der Waals surface area contributed by atoms with E-state index < -0.39 is 5.82 Å². The summed E-state index contributed by atoms with van der Waals surface area (Å²) in [5, 5.41) is 13.0. The third-order valence-electron chi connectivity index (χ3n) is 2.45. The topological polar surface area (TPSA) is 32.3 Å². The molecule has 5 heteroatoms. The van der Waals surface area contributed by atoms with Crippen LogP contribution in [-0.2, 0) is 6.54 Å². The normalized spacial score (nSPS) is 10.4. The fourth-order valence-electron chi connectivity index (χ4n) is 1.50. The molecule has 0 heterocycles. The van der Waals surface area contributed by atoms with Crippen molar-refractivity contribution >= 4 is 28.9 Å². The zero-order valence-corrected chi connectivity index (χ0v) is 10.8. The van der Waals surface area contributed by atoms with Gasteiger partial charge in [-0.2, -0.15) is 0 Å². The smallest absolute Gasteiger partial charge is 0.165 e. The summed E-state index contributed by atoms with van der Waals surface area (Å²) in [6.07, 6.45) is 0. The molecule has 0 aromatic heterocycles. The summed E-state index contributed by atoms with van der Waals surface area (Å²) in [6.45, 7) is 0.386. The number of anilines is 1. The number of phenols is 1. The molecular weight excluding hydrogens is 276 g/mol. The fraction of sp³-hybridized carbons (Fsp3) is 0.0769. The summed E-state index contributed by atoms with van der Waals surface area (Å²) in [6, 6.07) is 9.45. The second-order valence-electron chi connectivity index (χ2n) is 3.74. The van der Waals surface area contributed by atoms with E-state index in [1.807, 2.05) is 0 Å². The van der Waals surface area contributed by atoms with Crippen molar-refractivity contribution in [1.82, 2.24) is 0 Å². The van der Waals surface area contributed by atoms with Gasteiger partial charge in [0.15, 0.2) is 11.6 Å². The van der Waals surface area contributed by atoms with Gasteiger partial charge in [-0.25, -0.2) is 4.39 Å². The van der Waals surface area contributed by atoms with Crippen LogP contribution in [0.1, 0.15) is 5.56 Å². The van der Waals surface area contributed by atoms with Crippen molar-refractivity contribution in [3.8, 4) is 5.75 Å². The van der Waals surface area contributed by atoms with E-state index in [2.05, 4.69) is 5.32 Å². The summed E-state index contributed by atoms with van der Waals surface area (Å²) in [4.78, 5) is 0. The molecule has 0 radical (unpaired) electrons. The Morgan fingerprint density at radius 1 is 1.17 bits per heavy atom. The second-order valence-corrected chi connectivity index (χ2v) is 4.53. The molecule has 0 aliphatic rings. The minimum absolute atomic E-state index is 0.362. The molecule has 2 aromatic rings. The van der Waals surface area contributed by atoms with Crippen LogP contribution in [0.3, 0.4) is 0 Å². The lowest BCUT2D eigenvalue weighted by atomic mass is 10.2. The first-order valence-corrected chi connectivity index (χ1v) is 5.99. The summed E-state index contributed by atoms with van der Waals surface area (Å²) >= 11 is 11.9. The molecule has 0 unspecified atom stereocenters. The summed E-state index contributed by atoms with van der Waals surface area (Å²) in [5.74, 6) is -1.01. The zero-order chi connectivity index (χ0) is 13.1. The number of nitrogens with one attached hydrogen (secondary N) is 1. The van der Waals surface area contributed by atoms with E-state index in [0.717, 1.165) is 0 Å². The van der Waals surface area contributed by atoms with Gasteiger partial charge in [-0.15, -0.1) is 0 Å². The van der Waals surface area contributed by atoms with E-state index in [4.69, 9.17) is 28.3 Å². The fourth-order valence-corrected chi connectivity index (χ4v) is 1.87. The molecule has 0 aliphatic heterocycles. The number of phenolic OH excluding ortho intramolecular Hbond substituents is 1. The van der Waals surface area contributed by atoms with E-state index in [1.165, 1.54) is 12.1 Å². The molecule has 94 valence electrons. The maximum Gasteiger partial charge on any atom is 0.165 e. The first-order chi connectivity index (χ1) is 8.58. The number of hydrogen-bond donors (Lipinski definition) is 2. The van der Waals surface area contributed by atoms with Crippen molar-refractivity contribution < 1.29 is 9.50 Å². The van der Waals surface area contributed by atoms with Gasteiger partial charge in [0.25, 0.3) is 0 Å². The van der Waals surface area contributed by atoms with Crippen molar-refractivity contribution in [2.45, 2.75) is 6.54 Å². The lowest BCUT2D eigenvalue weighted by molar-refractivity contribution is 0.432. The average molecular weight is 286 g/mol. The van der Waals surface area contributed by atoms with E-state index >= 15 is 0 Å². The Labute approximate surface area is 114 Å². The van der Waals surface area contributed by atoms with Crippen molar-refractivity contribution in [2.24, 2.45) is 0 Å². The van der Waals surface area contributed by atoms with Crippen molar-refractivity contribution in [1.29, 1.82) is 0 Å². The highest BCUT2D eigenvalue weighted by Crippen LogP contribution is 2.30. The van der Waals surface area contributed by atoms with Gasteiger partial charge in [-0.05, 0) is 29.8 Å². The van der Waals surface area contributed by atoms with Crippen LogP contribution in [0.5, 0.6) is 5.75 Å². The molecular formula is C13H10Cl2FNO. The summed E-state index contributed by atoms with van der Waals surface area (Å²) in [7, 11) is 0. The number of benzene rings is 2. The van der Waals surface area contributed by atoms with Crippen LogP contribution in [0, 0.1) is 5.82 Å². The van der Waals surface area contributed by atoms with Crippen LogP contribution in [0.2, 0.25) is 10.0 Å². The molecule has 0 saturated heterocycles. The molecule has 0 atom stereocenters. The van der Waals surface area contributed by atoms with Crippen LogP contribution in [0.15, 0.2) is 36.4 Å². The quantitative estimate of drug-likeness (QED) is 0.873. The Morgan fingerprint density at radius 3 is 2.67 bits per heavy atom. The lowest BCUT2D eigenvalue weighted by Gasteiger charge is -2.09. The first kappa shape index (κ1) is 13.0. The maximum absolute atomic E-state index is 13.1. The van der Waals surface area contributed by atoms with Crippen molar-refractivity contribution in [3.05, 3.63) is 57.8 Å². The molecule has 0 saturated carbocycles. The molecule has 0 fully saturated rings.